The number of nitrogens with two attached hydrogens (primary N) is 1. The Balaban J connectivity index is 1.78. The van der Waals surface area contributed by atoms with E-state index in [0.717, 1.165) is 25.0 Å². The van der Waals surface area contributed by atoms with Crippen LogP contribution in [0.3, 0.4) is 0 Å². The molecule has 1 aliphatic heterocycles. The molecule has 1 aromatic rings. The maximum Gasteiger partial charge on any atom is 0.242 e. The molecule has 2 atom stereocenters. The molecule has 118 valence electrons. The van der Waals surface area contributed by atoms with Gasteiger partial charge in [-0.25, -0.2) is 13.1 Å². The van der Waals surface area contributed by atoms with E-state index in [2.05, 4.69) is 4.72 Å². The summed E-state index contributed by atoms with van der Waals surface area (Å²) in [6.45, 7) is 3.65. The van der Waals surface area contributed by atoms with E-state index in [1.807, 2.05) is 11.5 Å². The highest BCUT2D eigenvalue weighted by molar-refractivity contribution is 7.89. The molecule has 0 bridgehead atoms. The quantitative estimate of drug-likeness (QED) is 0.814. The zero-order chi connectivity index (χ0) is 15.0. The van der Waals surface area contributed by atoms with Gasteiger partial charge in [0, 0.05) is 31.6 Å². The summed E-state index contributed by atoms with van der Waals surface area (Å²) in [4.78, 5) is 0.297. The summed E-state index contributed by atoms with van der Waals surface area (Å²) >= 11 is 0. The van der Waals surface area contributed by atoms with E-state index in [1.54, 1.807) is 12.3 Å². The number of ether oxygens (including phenoxy) is 1. The molecule has 2 fully saturated rings. The van der Waals surface area contributed by atoms with Crippen LogP contribution in [0.2, 0.25) is 0 Å². The van der Waals surface area contributed by atoms with Crippen molar-refractivity contribution in [1.29, 1.82) is 0 Å². The number of nitrogens with zero attached hydrogens (tertiary/aromatic N) is 1. The third-order valence-electron chi connectivity index (χ3n) is 4.35. The Bertz CT molecular complexity index is 585. The van der Waals surface area contributed by atoms with Gasteiger partial charge in [-0.3, -0.25) is 0 Å². The van der Waals surface area contributed by atoms with Crippen LogP contribution in [-0.2, 0) is 27.8 Å². The van der Waals surface area contributed by atoms with Crippen LogP contribution in [-0.4, -0.2) is 31.7 Å². The first-order valence-electron chi connectivity index (χ1n) is 7.58. The number of aryl methyl sites for hydroxylation is 1. The largest absolute Gasteiger partial charge is 0.376 e. The van der Waals surface area contributed by atoms with Crippen LogP contribution in [0.5, 0.6) is 0 Å². The molecule has 1 aromatic heterocycles. The summed E-state index contributed by atoms with van der Waals surface area (Å²) in [5.41, 5.74) is 6.49. The monoisotopic (exact) mass is 313 g/mol. The van der Waals surface area contributed by atoms with Gasteiger partial charge in [0.2, 0.25) is 10.0 Å². The Morgan fingerprint density at radius 2 is 2.19 bits per heavy atom. The van der Waals surface area contributed by atoms with Gasteiger partial charge in [0.25, 0.3) is 0 Å². The number of aromatic nitrogens is 1. The molecule has 7 heteroatoms. The first-order chi connectivity index (χ1) is 10.0. The highest BCUT2D eigenvalue weighted by atomic mass is 32.2. The highest BCUT2D eigenvalue weighted by Gasteiger charge is 2.42. The zero-order valence-electron chi connectivity index (χ0n) is 12.3. The van der Waals surface area contributed by atoms with Crippen LogP contribution in [0.4, 0.5) is 0 Å². The third kappa shape index (κ3) is 3.01. The highest BCUT2D eigenvalue weighted by Crippen LogP contribution is 2.39. The van der Waals surface area contributed by atoms with E-state index in [-0.39, 0.29) is 12.1 Å². The molecule has 21 heavy (non-hydrogen) atoms. The first kappa shape index (κ1) is 15.0. The Morgan fingerprint density at radius 3 is 2.76 bits per heavy atom. The van der Waals surface area contributed by atoms with Crippen molar-refractivity contribution in [2.45, 2.75) is 56.3 Å². The molecule has 2 unspecified atom stereocenters. The van der Waals surface area contributed by atoms with Crippen molar-refractivity contribution in [3.63, 3.8) is 0 Å². The number of rotatable bonds is 6. The topological polar surface area (TPSA) is 86.3 Å². The minimum atomic E-state index is -3.51. The zero-order valence-corrected chi connectivity index (χ0v) is 13.1. The molecule has 0 aromatic carbocycles. The second-order valence-corrected chi connectivity index (χ2v) is 7.56. The lowest BCUT2D eigenvalue weighted by molar-refractivity contribution is 0.0848. The predicted molar refractivity (Wildman–Crippen MR) is 79.2 cm³/mol. The number of nitrogens with one attached hydrogen (secondary N) is 1. The van der Waals surface area contributed by atoms with Crippen molar-refractivity contribution in [3.05, 3.63) is 18.0 Å². The van der Waals surface area contributed by atoms with Crippen molar-refractivity contribution in [1.82, 2.24) is 9.29 Å². The minimum absolute atomic E-state index is 0.0435. The van der Waals surface area contributed by atoms with Gasteiger partial charge in [-0.2, -0.15) is 0 Å². The van der Waals surface area contributed by atoms with Gasteiger partial charge < -0.3 is 15.0 Å². The Kier molecular flexibility index (Phi) is 4.09. The summed E-state index contributed by atoms with van der Waals surface area (Å²) in [5, 5.41) is 0. The lowest BCUT2D eigenvalue weighted by Gasteiger charge is -2.19. The van der Waals surface area contributed by atoms with E-state index in [4.69, 9.17) is 10.5 Å². The maximum atomic E-state index is 12.6. The van der Waals surface area contributed by atoms with Crippen molar-refractivity contribution in [2.24, 2.45) is 11.7 Å². The lowest BCUT2D eigenvalue weighted by atomic mass is 10.1. The molecule has 0 radical (unpaired) electrons. The standard InChI is InChI=1S/C14H23N3O3S/c1-2-17-9-12(7-11(17)8-15)21(18,19)16-13-5-6-20-14(13)10-3-4-10/h7,9-10,13-14,16H,2-6,8,15H2,1H3. The predicted octanol–water partition coefficient (Wildman–Crippen LogP) is 0.812. The summed E-state index contributed by atoms with van der Waals surface area (Å²) in [7, 11) is -3.51. The van der Waals surface area contributed by atoms with Gasteiger partial charge in [0.1, 0.15) is 0 Å². The van der Waals surface area contributed by atoms with Crippen molar-refractivity contribution in [3.8, 4) is 0 Å². The van der Waals surface area contributed by atoms with Crippen molar-refractivity contribution in [2.75, 3.05) is 6.61 Å². The van der Waals surface area contributed by atoms with Gasteiger partial charge in [-0.05, 0) is 38.2 Å². The molecule has 0 amide bonds. The smallest absolute Gasteiger partial charge is 0.242 e. The first-order valence-corrected chi connectivity index (χ1v) is 9.06. The number of hydrogen-bond acceptors (Lipinski definition) is 4. The Hall–Kier alpha value is -0.890. The fourth-order valence-electron chi connectivity index (χ4n) is 3.03. The van der Waals surface area contributed by atoms with Crippen molar-refractivity contribution >= 4 is 10.0 Å². The van der Waals surface area contributed by atoms with Gasteiger partial charge in [0.15, 0.2) is 0 Å². The molecule has 2 heterocycles. The van der Waals surface area contributed by atoms with Crippen LogP contribution in [0.25, 0.3) is 0 Å². The van der Waals surface area contributed by atoms with E-state index >= 15 is 0 Å². The van der Waals surface area contributed by atoms with Crippen LogP contribution in [0.1, 0.15) is 31.9 Å². The van der Waals surface area contributed by atoms with E-state index < -0.39 is 10.0 Å². The summed E-state index contributed by atoms with van der Waals surface area (Å²) in [6, 6.07) is 1.56. The van der Waals surface area contributed by atoms with E-state index in [9.17, 15) is 8.42 Å². The second kappa shape index (κ2) is 5.72. The summed E-state index contributed by atoms with van der Waals surface area (Å²) in [5.74, 6) is 0.528. The van der Waals surface area contributed by atoms with Crippen LogP contribution in [0, 0.1) is 5.92 Å². The molecule has 1 saturated carbocycles. The second-order valence-electron chi connectivity index (χ2n) is 5.85. The fourth-order valence-corrected chi connectivity index (χ4v) is 4.38. The summed E-state index contributed by atoms with van der Waals surface area (Å²) < 4.78 is 35.5. The molecular weight excluding hydrogens is 290 g/mol. The van der Waals surface area contributed by atoms with Gasteiger partial charge in [-0.1, -0.05) is 0 Å². The molecule has 3 rings (SSSR count). The SMILES string of the molecule is CCn1cc(S(=O)(=O)NC2CCOC2C2CC2)cc1CN. The summed E-state index contributed by atoms with van der Waals surface area (Å²) in [6.07, 6.45) is 4.74. The normalized spacial score (nSPS) is 26.4. The van der Waals surface area contributed by atoms with Crippen LogP contribution >= 0.6 is 0 Å². The van der Waals surface area contributed by atoms with Crippen LogP contribution < -0.4 is 10.5 Å². The molecule has 1 aliphatic carbocycles. The maximum absolute atomic E-state index is 12.6. The molecule has 0 spiro atoms. The lowest BCUT2D eigenvalue weighted by Crippen LogP contribution is -2.41. The van der Waals surface area contributed by atoms with E-state index in [1.165, 1.54) is 0 Å². The Labute approximate surface area is 125 Å². The minimum Gasteiger partial charge on any atom is -0.376 e. The number of hydrogen-bond donors (Lipinski definition) is 2. The van der Waals surface area contributed by atoms with Gasteiger partial charge >= 0.3 is 0 Å². The average Bonchev–Trinajstić information content (AvgIpc) is 3.04. The molecule has 1 saturated heterocycles. The van der Waals surface area contributed by atoms with Crippen LogP contribution in [0.15, 0.2) is 17.2 Å². The number of sulfonamides is 1. The molecule has 2 aliphatic rings. The van der Waals surface area contributed by atoms with Crippen molar-refractivity contribution < 1.29 is 13.2 Å². The molecule has 6 nitrogen and oxygen atoms in total. The Morgan fingerprint density at radius 1 is 1.43 bits per heavy atom. The molecule has 3 N–H and O–H groups in total. The van der Waals surface area contributed by atoms with Gasteiger partial charge in [0.05, 0.1) is 17.0 Å². The van der Waals surface area contributed by atoms with E-state index in [0.29, 0.717) is 30.5 Å². The fraction of sp³-hybridized carbons (Fsp3) is 0.714. The third-order valence-corrected chi connectivity index (χ3v) is 5.81. The van der Waals surface area contributed by atoms with Gasteiger partial charge in [-0.15, -0.1) is 0 Å². The average molecular weight is 313 g/mol. The molecular formula is C14H23N3O3S.